The van der Waals surface area contributed by atoms with Crippen LogP contribution in [0, 0.1) is 0 Å². The summed E-state index contributed by atoms with van der Waals surface area (Å²) in [4.78, 5) is 10.7. The van der Waals surface area contributed by atoms with Crippen molar-refractivity contribution < 1.29 is 14.6 Å². The van der Waals surface area contributed by atoms with Crippen LogP contribution in [0.3, 0.4) is 0 Å². The molecular formula is C19H14O3. The van der Waals surface area contributed by atoms with Gasteiger partial charge in [-0.1, -0.05) is 48.5 Å². The van der Waals surface area contributed by atoms with Crippen LogP contribution in [0.5, 0.6) is 11.5 Å². The molecule has 0 radical (unpaired) electrons. The topological polar surface area (TPSA) is 46.5 Å². The fraction of sp³-hybridized carbons (Fsp3) is 0. The molecule has 0 aliphatic carbocycles. The van der Waals surface area contributed by atoms with Gasteiger partial charge in [0.25, 0.3) is 0 Å². The Morgan fingerprint density at radius 3 is 2.45 bits per heavy atom. The van der Waals surface area contributed by atoms with E-state index in [1.54, 1.807) is 0 Å². The van der Waals surface area contributed by atoms with Crippen molar-refractivity contribution in [2.24, 2.45) is 0 Å². The van der Waals surface area contributed by atoms with Gasteiger partial charge in [0, 0.05) is 11.6 Å². The van der Waals surface area contributed by atoms with E-state index < -0.39 is 5.97 Å². The molecule has 0 amide bonds. The van der Waals surface area contributed by atoms with Gasteiger partial charge in [-0.05, 0) is 35.0 Å². The number of hydrogen-bond donors (Lipinski definition) is 1. The average Bonchev–Trinajstić information content (AvgIpc) is 2.54. The maximum absolute atomic E-state index is 10.7. The standard InChI is InChI=1S/C19H14O3/c20-19(21)12-10-15-6-3-4-8-18(15)22-17-11-9-14-5-1-2-7-16(14)13-17/h1-13H,(H,20,21). The van der Waals surface area contributed by atoms with E-state index in [-0.39, 0.29) is 0 Å². The molecule has 0 heterocycles. The highest BCUT2D eigenvalue weighted by Crippen LogP contribution is 2.28. The zero-order valence-electron chi connectivity index (χ0n) is 11.8. The Labute approximate surface area is 128 Å². The lowest BCUT2D eigenvalue weighted by Crippen LogP contribution is -1.89. The molecule has 0 aliphatic rings. The number of hydrogen-bond acceptors (Lipinski definition) is 2. The third kappa shape index (κ3) is 3.15. The molecule has 3 aromatic rings. The van der Waals surface area contributed by atoms with E-state index in [4.69, 9.17) is 9.84 Å². The van der Waals surface area contributed by atoms with Gasteiger partial charge in [0.1, 0.15) is 11.5 Å². The normalized spacial score (nSPS) is 10.9. The van der Waals surface area contributed by atoms with Crippen LogP contribution in [0.15, 0.2) is 72.8 Å². The number of fused-ring (bicyclic) bond motifs is 1. The summed E-state index contributed by atoms with van der Waals surface area (Å²) >= 11 is 0. The largest absolute Gasteiger partial charge is 0.478 e. The molecule has 0 bridgehead atoms. The second-order valence-electron chi connectivity index (χ2n) is 4.82. The van der Waals surface area contributed by atoms with E-state index in [2.05, 4.69) is 0 Å². The fourth-order valence-electron chi connectivity index (χ4n) is 2.23. The molecule has 0 fully saturated rings. The third-order valence-corrected chi connectivity index (χ3v) is 3.27. The number of ether oxygens (including phenoxy) is 1. The summed E-state index contributed by atoms with van der Waals surface area (Å²) in [5.41, 5.74) is 0.720. The molecule has 0 spiro atoms. The van der Waals surface area contributed by atoms with Crippen LogP contribution < -0.4 is 4.74 Å². The number of carboxylic acids is 1. The van der Waals surface area contributed by atoms with Gasteiger partial charge in [0.15, 0.2) is 0 Å². The molecular weight excluding hydrogens is 276 g/mol. The SMILES string of the molecule is O=C(O)C=Cc1ccccc1Oc1ccc2ccccc2c1. The third-order valence-electron chi connectivity index (χ3n) is 3.27. The molecule has 22 heavy (non-hydrogen) atoms. The Hall–Kier alpha value is -3.07. The second kappa shape index (κ2) is 6.14. The molecule has 0 saturated heterocycles. The maximum atomic E-state index is 10.7. The number of rotatable bonds is 4. The zero-order valence-corrected chi connectivity index (χ0v) is 11.8. The number of aliphatic carboxylic acids is 1. The molecule has 0 aliphatic heterocycles. The van der Waals surface area contributed by atoms with Gasteiger partial charge in [-0.25, -0.2) is 4.79 Å². The summed E-state index contributed by atoms with van der Waals surface area (Å²) in [6, 6.07) is 21.2. The molecule has 3 nitrogen and oxygen atoms in total. The predicted molar refractivity (Wildman–Crippen MR) is 87.1 cm³/mol. The number of carboxylic acid groups (broad SMARTS) is 1. The van der Waals surface area contributed by atoms with E-state index in [1.807, 2.05) is 66.7 Å². The van der Waals surface area contributed by atoms with E-state index >= 15 is 0 Å². The van der Waals surface area contributed by atoms with Crippen LogP contribution in [0.1, 0.15) is 5.56 Å². The van der Waals surface area contributed by atoms with Crippen LogP contribution in [0.2, 0.25) is 0 Å². The summed E-state index contributed by atoms with van der Waals surface area (Å²) in [6.45, 7) is 0. The van der Waals surface area contributed by atoms with Crippen LogP contribution >= 0.6 is 0 Å². The highest BCUT2D eigenvalue weighted by molar-refractivity contribution is 5.86. The Kier molecular flexibility index (Phi) is 3.88. The van der Waals surface area contributed by atoms with Gasteiger partial charge >= 0.3 is 5.97 Å². The molecule has 1 N–H and O–H groups in total. The van der Waals surface area contributed by atoms with Crippen LogP contribution in [-0.2, 0) is 4.79 Å². The lowest BCUT2D eigenvalue weighted by atomic mass is 10.1. The van der Waals surface area contributed by atoms with Crippen molar-refractivity contribution in [1.82, 2.24) is 0 Å². The van der Waals surface area contributed by atoms with Crippen molar-refractivity contribution in [3.63, 3.8) is 0 Å². The van der Waals surface area contributed by atoms with Gasteiger partial charge in [-0.15, -0.1) is 0 Å². The van der Waals surface area contributed by atoms with Gasteiger partial charge in [0.2, 0.25) is 0 Å². The molecule has 108 valence electrons. The van der Waals surface area contributed by atoms with Crippen molar-refractivity contribution in [3.8, 4) is 11.5 Å². The molecule has 0 atom stereocenters. The fourth-order valence-corrected chi connectivity index (χ4v) is 2.23. The summed E-state index contributed by atoms with van der Waals surface area (Å²) in [5, 5.41) is 11.0. The Bertz CT molecular complexity index is 850. The van der Waals surface area contributed by atoms with E-state index in [0.29, 0.717) is 5.75 Å². The molecule has 3 aromatic carbocycles. The first kappa shape index (κ1) is 13.9. The molecule has 0 unspecified atom stereocenters. The van der Waals surface area contributed by atoms with Gasteiger partial charge in [0.05, 0.1) is 0 Å². The second-order valence-corrected chi connectivity index (χ2v) is 4.82. The summed E-state index contributed by atoms with van der Waals surface area (Å²) in [5.74, 6) is 0.352. The van der Waals surface area contributed by atoms with Crippen LogP contribution in [-0.4, -0.2) is 11.1 Å². The summed E-state index contributed by atoms with van der Waals surface area (Å²) in [7, 11) is 0. The first-order chi connectivity index (χ1) is 10.7. The quantitative estimate of drug-likeness (QED) is 0.706. The van der Waals surface area contributed by atoms with Crippen molar-refractivity contribution in [2.75, 3.05) is 0 Å². The zero-order chi connectivity index (χ0) is 15.4. The van der Waals surface area contributed by atoms with Crippen LogP contribution in [0.4, 0.5) is 0 Å². The summed E-state index contributed by atoms with van der Waals surface area (Å²) < 4.78 is 5.91. The lowest BCUT2D eigenvalue weighted by molar-refractivity contribution is -0.131. The minimum Gasteiger partial charge on any atom is -0.478 e. The highest BCUT2D eigenvalue weighted by Gasteiger charge is 2.03. The number of benzene rings is 3. The van der Waals surface area contributed by atoms with E-state index in [1.165, 1.54) is 6.08 Å². The monoisotopic (exact) mass is 290 g/mol. The molecule has 3 heteroatoms. The number of carbonyl (C=O) groups is 1. The van der Waals surface area contributed by atoms with Gasteiger partial charge in [-0.2, -0.15) is 0 Å². The first-order valence-corrected chi connectivity index (χ1v) is 6.89. The lowest BCUT2D eigenvalue weighted by Gasteiger charge is -2.09. The van der Waals surface area contributed by atoms with Crippen LogP contribution in [0.25, 0.3) is 16.8 Å². The van der Waals surface area contributed by atoms with E-state index in [9.17, 15) is 4.79 Å². The number of para-hydroxylation sites is 1. The van der Waals surface area contributed by atoms with Crippen molar-refractivity contribution in [3.05, 3.63) is 78.4 Å². The van der Waals surface area contributed by atoms with E-state index in [0.717, 1.165) is 28.2 Å². The Morgan fingerprint density at radius 2 is 1.64 bits per heavy atom. The van der Waals surface area contributed by atoms with Crippen molar-refractivity contribution in [2.45, 2.75) is 0 Å². The van der Waals surface area contributed by atoms with Crippen molar-refractivity contribution >= 4 is 22.8 Å². The molecule has 0 saturated carbocycles. The summed E-state index contributed by atoms with van der Waals surface area (Å²) in [6.07, 6.45) is 2.63. The highest BCUT2D eigenvalue weighted by atomic mass is 16.5. The van der Waals surface area contributed by atoms with Crippen molar-refractivity contribution in [1.29, 1.82) is 0 Å². The average molecular weight is 290 g/mol. The molecule has 3 rings (SSSR count). The smallest absolute Gasteiger partial charge is 0.328 e. The van der Waals surface area contributed by atoms with Gasteiger partial charge in [-0.3, -0.25) is 0 Å². The Balaban J connectivity index is 1.93. The molecule has 0 aromatic heterocycles. The minimum atomic E-state index is -0.986. The minimum absolute atomic E-state index is 0.621. The maximum Gasteiger partial charge on any atom is 0.328 e. The van der Waals surface area contributed by atoms with Gasteiger partial charge < -0.3 is 9.84 Å². The first-order valence-electron chi connectivity index (χ1n) is 6.89. The Morgan fingerprint density at radius 1 is 0.909 bits per heavy atom. The predicted octanol–water partition coefficient (Wildman–Crippen LogP) is 4.73.